The molecule has 6 heteroatoms. The molecule has 0 aliphatic rings. The van der Waals surface area contributed by atoms with E-state index in [1.807, 2.05) is 12.2 Å². The topological polar surface area (TPSA) is 78.9 Å². The van der Waals surface area contributed by atoms with Gasteiger partial charge < -0.3 is 14.2 Å². The Morgan fingerprint density at radius 1 is 0.286 bits per heavy atom. The number of carbonyl (C=O) groups is 3. The first kappa shape index (κ1) is 64.5. The van der Waals surface area contributed by atoms with Crippen LogP contribution in [-0.2, 0) is 28.6 Å². The molecule has 386 valence electrons. The summed E-state index contributed by atoms with van der Waals surface area (Å²) in [6.07, 6.45) is 84.6. The molecule has 1 unspecified atom stereocenters. The first-order chi connectivity index (χ1) is 34.5. The van der Waals surface area contributed by atoms with Crippen LogP contribution in [0.2, 0.25) is 0 Å². The standard InChI is InChI=1S/C64H94O6/c1-4-7-10-13-16-19-22-25-28-31-32-34-36-39-42-45-48-51-54-57-63(66)69-60-61(59-68-62(65)56-53-50-47-44-41-38-35-30-27-24-21-18-15-12-9-6-3)70-64(67)58-55-52-49-46-43-40-37-33-29-26-23-20-17-14-11-8-5-2/h7-12,16-21,25-30,32,34,37-42,46-47,49-50,61H,4-6,13-15,22-24,31,33,35-36,43-45,48,51-60H2,1-3H3/b10-7-,11-8-,12-9-,19-16-,20-17-,21-18-,28-25-,29-26-,30-27-,34-32-,40-37-,41-38-,42-39-,49-46-,50-47-. The zero-order valence-corrected chi connectivity index (χ0v) is 43.9. The van der Waals surface area contributed by atoms with Gasteiger partial charge in [-0.05, 0) is 135 Å². The van der Waals surface area contributed by atoms with Crippen LogP contribution in [0.15, 0.2) is 182 Å². The van der Waals surface area contributed by atoms with Gasteiger partial charge in [0.25, 0.3) is 0 Å². The van der Waals surface area contributed by atoms with Crippen LogP contribution in [-0.4, -0.2) is 37.2 Å². The Labute approximate surface area is 427 Å². The van der Waals surface area contributed by atoms with Crippen molar-refractivity contribution in [3.8, 4) is 0 Å². The van der Waals surface area contributed by atoms with E-state index >= 15 is 0 Å². The van der Waals surface area contributed by atoms with Crippen LogP contribution in [0.4, 0.5) is 0 Å². The van der Waals surface area contributed by atoms with Gasteiger partial charge in [0.2, 0.25) is 0 Å². The summed E-state index contributed by atoms with van der Waals surface area (Å²) in [5, 5.41) is 0. The fourth-order valence-corrected chi connectivity index (χ4v) is 6.26. The number of carbonyl (C=O) groups excluding carboxylic acids is 3. The summed E-state index contributed by atoms with van der Waals surface area (Å²) in [7, 11) is 0. The lowest BCUT2D eigenvalue weighted by atomic mass is 10.1. The third-order valence-corrected chi connectivity index (χ3v) is 10.2. The molecular weight excluding hydrogens is 865 g/mol. The quantitative estimate of drug-likeness (QED) is 0.0262. The normalized spacial score (nSPS) is 13.6. The molecule has 70 heavy (non-hydrogen) atoms. The molecule has 0 saturated heterocycles. The minimum Gasteiger partial charge on any atom is -0.462 e. The van der Waals surface area contributed by atoms with Gasteiger partial charge in [-0.25, -0.2) is 0 Å². The number of rotatable bonds is 45. The molecule has 0 rings (SSSR count). The van der Waals surface area contributed by atoms with Gasteiger partial charge >= 0.3 is 17.9 Å². The molecule has 0 aromatic carbocycles. The summed E-state index contributed by atoms with van der Waals surface area (Å²) in [5.41, 5.74) is 0. The van der Waals surface area contributed by atoms with E-state index in [2.05, 4.69) is 191 Å². The maximum atomic E-state index is 12.8. The fourth-order valence-electron chi connectivity index (χ4n) is 6.26. The molecule has 0 aromatic rings. The van der Waals surface area contributed by atoms with E-state index in [0.29, 0.717) is 19.3 Å². The molecule has 0 aromatic heterocycles. The second kappa shape index (κ2) is 56.1. The van der Waals surface area contributed by atoms with Crippen LogP contribution in [0, 0.1) is 0 Å². The van der Waals surface area contributed by atoms with Crippen LogP contribution < -0.4 is 0 Å². The Kier molecular flexibility index (Phi) is 51.7. The van der Waals surface area contributed by atoms with Gasteiger partial charge in [0.15, 0.2) is 6.10 Å². The van der Waals surface area contributed by atoms with Gasteiger partial charge in [-0.15, -0.1) is 0 Å². The lowest BCUT2D eigenvalue weighted by Crippen LogP contribution is -2.30. The molecule has 0 aliphatic carbocycles. The highest BCUT2D eigenvalue weighted by molar-refractivity contribution is 5.71. The highest BCUT2D eigenvalue weighted by Crippen LogP contribution is 2.09. The lowest BCUT2D eigenvalue weighted by molar-refractivity contribution is -0.166. The molecule has 0 spiro atoms. The van der Waals surface area contributed by atoms with E-state index in [1.165, 1.54) is 0 Å². The zero-order chi connectivity index (χ0) is 50.7. The molecule has 0 radical (unpaired) electrons. The smallest absolute Gasteiger partial charge is 0.306 e. The van der Waals surface area contributed by atoms with Crippen LogP contribution in [0.5, 0.6) is 0 Å². The van der Waals surface area contributed by atoms with E-state index in [1.54, 1.807) is 0 Å². The van der Waals surface area contributed by atoms with Gasteiger partial charge in [-0.3, -0.25) is 14.4 Å². The first-order valence-electron chi connectivity index (χ1n) is 26.8. The highest BCUT2D eigenvalue weighted by atomic mass is 16.6. The molecule has 6 nitrogen and oxygen atoms in total. The Hall–Kier alpha value is -5.49. The summed E-state index contributed by atoms with van der Waals surface area (Å²) in [6, 6.07) is 0. The predicted molar refractivity (Wildman–Crippen MR) is 301 cm³/mol. The van der Waals surface area contributed by atoms with Crippen LogP contribution in [0.1, 0.15) is 181 Å². The van der Waals surface area contributed by atoms with E-state index in [4.69, 9.17) is 14.2 Å². The Morgan fingerprint density at radius 3 is 0.900 bits per heavy atom. The van der Waals surface area contributed by atoms with Crippen molar-refractivity contribution in [1.82, 2.24) is 0 Å². The largest absolute Gasteiger partial charge is 0.462 e. The van der Waals surface area contributed by atoms with E-state index in [-0.39, 0.29) is 44.4 Å². The number of ether oxygens (including phenoxy) is 3. The third-order valence-electron chi connectivity index (χ3n) is 10.2. The van der Waals surface area contributed by atoms with Crippen molar-refractivity contribution in [2.75, 3.05) is 13.2 Å². The van der Waals surface area contributed by atoms with Gasteiger partial charge in [0.05, 0.1) is 0 Å². The van der Waals surface area contributed by atoms with Crippen molar-refractivity contribution < 1.29 is 28.6 Å². The Balaban J connectivity index is 4.69. The average Bonchev–Trinajstić information content (AvgIpc) is 3.36. The summed E-state index contributed by atoms with van der Waals surface area (Å²) in [6.45, 7) is 6.12. The molecule has 0 fully saturated rings. The molecule has 0 saturated carbocycles. The Morgan fingerprint density at radius 2 is 0.557 bits per heavy atom. The van der Waals surface area contributed by atoms with E-state index < -0.39 is 12.1 Å². The van der Waals surface area contributed by atoms with Crippen LogP contribution >= 0.6 is 0 Å². The van der Waals surface area contributed by atoms with Crippen LogP contribution in [0.3, 0.4) is 0 Å². The van der Waals surface area contributed by atoms with Gasteiger partial charge in [-0.1, -0.05) is 209 Å². The maximum Gasteiger partial charge on any atom is 0.306 e. The third kappa shape index (κ3) is 53.5. The van der Waals surface area contributed by atoms with Crippen molar-refractivity contribution in [2.24, 2.45) is 0 Å². The number of esters is 3. The van der Waals surface area contributed by atoms with Gasteiger partial charge in [0.1, 0.15) is 13.2 Å². The molecule has 0 amide bonds. The van der Waals surface area contributed by atoms with Crippen molar-refractivity contribution in [2.45, 2.75) is 187 Å². The fraction of sp³-hybridized carbons (Fsp3) is 0.484. The molecule has 0 heterocycles. The van der Waals surface area contributed by atoms with Crippen molar-refractivity contribution in [3.63, 3.8) is 0 Å². The molecule has 0 N–H and O–H groups in total. The van der Waals surface area contributed by atoms with Gasteiger partial charge in [0, 0.05) is 19.3 Å². The second-order valence-corrected chi connectivity index (χ2v) is 16.6. The molecule has 0 bridgehead atoms. The van der Waals surface area contributed by atoms with Crippen molar-refractivity contribution in [1.29, 1.82) is 0 Å². The van der Waals surface area contributed by atoms with Crippen molar-refractivity contribution in [3.05, 3.63) is 182 Å². The number of unbranched alkanes of at least 4 members (excludes halogenated alkanes) is 4. The minimum atomic E-state index is -0.863. The lowest BCUT2D eigenvalue weighted by Gasteiger charge is -2.18. The SMILES string of the molecule is CC/C=C\C/C=C\C/C=C\C/C=C\C/C=C\CCCCCC(=O)OCC(COC(=O)CC/C=C\C/C=C\C/C=C\C/C=C\C/C=C\CC)OC(=O)CCC/C=C\C/C=C\C/C=C\C/C=C\C/C=C\CC. The zero-order valence-electron chi connectivity index (χ0n) is 43.9. The monoisotopic (exact) mass is 959 g/mol. The molecule has 0 aliphatic heterocycles. The summed E-state index contributed by atoms with van der Waals surface area (Å²) in [5.74, 6) is -1.14. The predicted octanol–water partition coefficient (Wildman–Crippen LogP) is 18.1. The average molecular weight is 959 g/mol. The van der Waals surface area contributed by atoms with E-state index in [9.17, 15) is 14.4 Å². The summed E-state index contributed by atoms with van der Waals surface area (Å²) in [4.78, 5) is 38.0. The first-order valence-corrected chi connectivity index (χ1v) is 26.8. The van der Waals surface area contributed by atoms with Crippen LogP contribution in [0.25, 0.3) is 0 Å². The Bertz CT molecular complexity index is 1720. The van der Waals surface area contributed by atoms with Crippen molar-refractivity contribution >= 4 is 17.9 Å². The number of allylic oxidation sites excluding steroid dienone is 30. The summed E-state index contributed by atoms with van der Waals surface area (Å²) < 4.78 is 16.7. The number of hydrogen-bond donors (Lipinski definition) is 0. The molecular formula is C64H94O6. The summed E-state index contributed by atoms with van der Waals surface area (Å²) >= 11 is 0. The molecule has 1 atom stereocenters. The highest BCUT2D eigenvalue weighted by Gasteiger charge is 2.19. The number of hydrogen-bond acceptors (Lipinski definition) is 6. The minimum absolute atomic E-state index is 0.151. The maximum absolute atomic E-state index is 12.8. The van der Waals surface area contributed by atoms with E-state index in [0.717, 1.165) is 122 Å². The van der Waals surface area contributed by atoms with Gasteiger partial charge in [-0.2, -0.15) is 0 Å². The second-order valence-electron chi connectivity index (χ2n) is 16.6.